The van der Waals surface area contributed by atoms with E-state index in [9.17, 15) is 9.59 Å². The normalized spacial score (nSPS) is 22.8. The minimum atomic E-state index is -0.391. The molecule has 2 aromatic rings. The molecule has 1 atom stereocenters. The molecule has 42 heavy (non-hydrogen) atoms. The Bertz CT molecular complexity index is 1280. The zero-order valence-corrected chi connectivity index (χ0v) is 25.2. The van der Waals surface area contributed by atoms with Crippen molar-refractivity contribution in [3.05, 3.63) is 57.4 Å². The van der Waals surface area contributed by atoms with Gasteiger partial charge in [0.05, 0.1) is 12.0 Å². The Morgan fingerprint density at radius 1 is 1.21 bits per heavy atom. The number of anilines is 1. The van der Waals surface area contributed by atoms with Gasteiger partial charge in [0.1, 0.15) is 5.82 Å². The molecule has 1 spiro atoms. The summed E-state index contributed by atoms with van der Waals surface area (Å²) in [5, 5.41) is 5.17. The number of hydrogen-bond acceptors (Lipinski definition) is 7. The van der Waals surface area contributed by atoms with Crippen LogP contribution < -0.4 is 5.32 Å². The van der Waals surface area contributed by atoms with Crippen molar-refractivity contribution < 1.29 is 19.1 Å². The molecular weight excluding hydrogens is 548 g/mol. The van der Waals surface area contributed by atoms with Crippen molar-refractivity contribution >= 4 is 41.1 Å². The Morgan fingerprint density at radius 3 is 2.83 bits per heavy atom. The number of hydrogen-bond donors (Lipinski definition) is 1. The summed E-state index contributed by atoms with van der Waals surface area (Å²) < 4.78 is 11.5. The predicted molar refractivity (Wildman–Crippen MR) is 166 cm³/mol. The predicted octanol–water partition coefficient (Wildman–Crippen LogP) is 5.37. The van der Waals surface area contributed by atoms with E-state index in [2.05, 4.69) is 44.9 Å². The number of amides is 2. The first-order valence-corrected chi connectivity index (χ1v) is 16.4. The fourth-order valence-corrected chi connectivity index (χ4v) is 7.22. The van der Waals surface area contributed by atoms with Crippen LogP contribution in [-0.4, -0.2) is 78.8 Å². The molecule has 4 aliphatic heterocycles. The molecule has 9 heteroatoms. The van der Waals surface area contributed by atoms with E-state index in [4.69, 9.17) is 9.47 Å². The van der Waals surface area contributed by atoms with Crippen LogP contribution >= 0.6 is 11.3 Å². The first-order valence-electron chi connectivity index (χ1n) is 15.5. The van der Waals surface area contributed by atoms with Gasteiger partial charge < -0.3 is 24.6 Å². The maximum Gasteiger partial charge on any atom is 0.246 e. The Morgan fingerprint density at radius 2 is 2.07 bits per heavy atom. The molecule has 0 aromatic carbocycles. The highest BCUT2D eigenvalue weighted by Crippen LogP contribution is 2.41. The van der Waals surface area contributed by atoms with Crippen molar-refractivity contribution in [1.29, 1.82) is 0 Å². The van der Waals surface area contributed by atoms with E-state index < -0.39 is 5.41 Å². The number of likely N-dealkylation sites (tertiary alicyclic amines) is 2. The van der Waals surface area contributed by atoms with E-state index in [1.165, 1.54) is 16.9 Å². The second kappa shape index (κ2) is 13.6. The van der Waals surface area contributed by atoms with Crippen LogP contribution in [0.3, 0.4) is 0 Å². The highest BCUT2D eigenvalue weighted by molar-refractivity contribution is 7.10. The van der Waals surface area contributed by atoms with Crippen LogP contribution in [0.1, 0.15) is 67.4 Å². The van der Waals surface area contributed by atoms with Gasteiger partial charge in [-0.2, -0.15) is 0 Å². The maximum atomic E-state index is 13.2. The van der Waals surface area contributed by atoms with Gasteiger partial charge in [0, 0.05) is 43.4 Å². The van der Waals surface area contributed by atoms with Gasteiger partial charge in [0.15, 0.2) is 6.29 Å². The fraction of sp³-hybridized carbons (Fsp3) is 0.545. The van der Waals surface area contributed by atoms with Crippen molar-refractivity contribution in [3.8, 4) is 0 Å². The van der Waals surface area contributed by atoms with Gasteiger partial charge in [-0.15, -0.1) is 11.3 Å². The summed E-state index contributed by atoms with van der Waals surface area (Å²) in [6.45, 7) is 5.82. The molecule has 0 radical (unpaired) electrons. The molecule has 3 saturated heterocycles. The monoisotopic (exact) mass is 590 g/mol. The molecule has 1 unspecified atom stereocenters. The van der Waals surface area contributed by atoms with Gasteiger partial charge in [-0.3, -0.25) is 9.59 Å². The third kappa shape index (κ3) is 7.19. The molecule has 2 aromatic heterocycles. The molecule has 1 N–H and O–H groups in total. The first kappa shape index (κ1) is 29.2. The third-order valence-corrected chi connectivity index (χ3v) is 9.95. The van der Waals surface area contributed by atoms with Crippen LogP contribution in [0.25, 0.3) is 12.2 Å². The molecule has 8 nitrogen and oxygen atoms in total. The Kier molecular flexibility index (Phi) is 9.49. The van der Waals surface area contributed by atoms with Crippen molar-refractivity contribution in [3.63, 3.8) is 0 Å². The number of nitrogens with one attached hydrogen (secondary N) is 1. The molecule has 4 aliphatic rings. The van der Waals surface area contributed by atoms with Gasteiger partial charge in [-0.25, -0.2) is 4.98 Å². The largest absolute Gasteiger partial charge is 0.353 e. The number of thiophene rings is 1. The summed E-state index contributed by atoms with van der Waals surface area (Å²) >= 11 is 1.75. The van der Waals surface area contributed by atoms with E-state index in [1.807, 2.05) is 11.0 Å². The topological polar surface area (TPSA) is 84.0 Å². The van der Waals surface area contributed by atoms with E-state index >= 15 is 0 Å². The smallest absolute Gasteiger partial charge is 0.246 e. The summed E-state index contributed by atoms with van der Waals surface area (Å²) in [4.78, 5) is 36.3. The lowest BCUT2D eigenvalue weighted by Gasteiger charge is -2.43. The van der Waals surface area contributed by atoms with Crippen molar-refractivity contribution in [2.75, 3.05) is 51.3 Å². The summed E-state index contributed by atoms with van der Waals surface area (Å²) in [6.07, 6.45) is 16.0. The van der Waals surface area contributed by atoms with Crippen LogP contribution in [-0.2, 0) is 25.5 Å². The second-order valence-electron chi connectivity index (χ2n) is 12.0. The fourth-order valence-electron chi connectivity index (χ4n) is 6.51. The molecule has 224 valence electrons. The quantitative estimate of drug-likeness (QED) is 0.329. The van der Waals surface area contributed by atoms with Crippen molar-refractivity contribution in [1.82, 2.24) is 14.8 Å². The lowest BCUT2D eigenvalue weighted by atomic mass is 9.71. The molecule has 6 heterocycles. The maximum absolute atomic E-state index is 13.2. The zero-order valence-electron chi connectivity index (χ0n) is 24.4. The van der Waals surface area contributed by atoms with Crippen LogP contribution in [0, 0.1) is 5.41 Å². The number of fused-ring (bicyclic) bond motifs is 1. The number of ether oxygens (including phenoxy) is 2. The van der Waals surface area contributed by atoms with Crippen LogP contribution in [0.2, 0.25) is 0 Å². The number of pyridine rings is 1. The number of carbonyl (C=O) groups is 2. The molecule has 0 saturated carbocycles. The number of aromatic nitrogens is 1. The number of carbonyl (C=O) groups excluding carboxylic acids is 2. The van der Waals surface area contributed by atoms with Gasteiger partial charge in [0.2, 0.25) is 11.8 Å². The van der Waals surface area contributed by atoms with E-state index in [-0.39, 0.29) is 18.1 Å². The first-order chi connectivity index (χ1) is 20.6. The third-order valence-electron chi connectivity index (χ3n) is 9.13. The minimum absolute atomic E-state index is 0.0297. The van der Waals surface area contributed by atoms with E-state index in [0.717, 1.165) is 102 Å². The molecule has 2 amide bonds. The van der Waals surface area contributed by atoms with Crippen LogP contribution in [0.15, 0.2) is 41.4 Å². The Balaban J connectivity index is 0.984. The second-order valence-corrected chi connectivity index (χ2v) is 13.0. The van der Waals surface area contributed by atoms with Gasteiger partial charge in [0.25, 0.3) is 0 Å². The number of nitrogens with zero attached hydrogens (tertiary/aromatic N) is 3. The summed E-state index contributed by atoms with van der Waals surface area (Å²) in [6, 6.07) is 6.29. The molecular formula is C33H42N4O4S. The molecule has 6 rings (SSSR count). The summed E-state index contributed by atoms with van der Waals surface area (Å²) in [5.41, 5.74) is 2.96. The Hall–Kier alpha value is -2.85. The summed E-state index contributed by atoms with van der Waals surface area (Å²) in [5.74, 6) is 0.785. The Labute approximate surface area is 252 Å². The van der Waals surface area contributed by atoms with E-state index in [0.29, 0.717) is 12.2 Å². The minimum Gasteiger partial charge on any atom is -0.353 e. The van der Waals surface area contributed by atoms with Crippen molar-refractivity contribution in [2.45, 2.75) is 64.1 Å². The number of piperidine rings is 2. The van der Waals surface area contributed by atoms with E-state index in [1.54, 1.807) is 23.6 Å². The average molecular weight is 591 g/mol. The van der Waals surface area contributed by atoms with Gasteiger partial charge in [-0.1, -0.05) is 11.6 Å². The molecule has 3 fully saturated rings. The lowest BCUT2D eigenvalue weighted by Crippen LogP contribution is -2.50. The summed E-state index contributed by atoms with van der Waals surface area (Å²) in [7, 11) is 0. The van der Waals surface area contributed by atoms with Crippen LogP contribution in [0.5, 0.6) is 0 Å². The highest BCUT2D eigenvalue weighted by Gasteiger charge is 2.44. The lowest BCUT2D eigenvalue weighted by molar-refractivity contribution is -0.163. The highest BCUT2D eigenvalue weighted by atomic mass is 32.1. The van der Waals surface area contributed by atoms with Crippen LogP contribution in [0.4, 0.5) is 5.82 Å². The SMILES string of the molecule is O=C(/C=C/c1cnc2c(c1)CC1(CCN(CCCOC3CCCCO3)CC1)C(=O)N2)N1CCC(=Cc2cccs2)CC1. The molecule has 0 bridgehead atoms. The standard InChI is InChI=1S/C33H42N4O4S/c38-29(37-14-9-25(10-15-37)22-28-5-3-20-42-28)8-7-26-21-27-23-33(32(39)35-31(27)34-24-26)11-16-36(17-12-33)13-4-19-41-30-6-1-2-18-40-30/h3,5,7-8,20-22,24,30H,1-2,4,6,9-19,23H2,(H,34,35,39)/b8-7+. The number of rotatable bonds is 8. The average Bonchev–Trinajstić information content (AvgIpc) is 3.54. The molecule has 0 aliphatic carbocycles. The van der Waals surface area contributed by atoms with Crippen molar-refractivity contribution in [2.24, 2.45) is 5.41 Å². The van der Waals surface area contributed by atoms with Gasteiger partial charge in [-0.05, 0) is 112 Å². The zero-order chi connectivity index (χ0) is 28.8. The van der Waals surface area contributed by atoms with Gasteiger partial charge >= 0.3 is 0 Å².